The largest absolute Gasteiger partial charge is 0.278 e. The third-order valence-corrected chi connectivity index (χ3v) is 6.12. The van der Waals surface area contributed by atoms with E-state index in [0.29, 0.717) is 5.69 Å². The van der Waals surface area contributed by atoms with Crippen LogP contribution in [0, 0.1) is 0 Å². The highest BCUT2D eigenvalue weighted by atomic mass is 79.9. The minimum atomic E-state index is -3.75. The summed E-state index contributed by atoms with van der Waals surface area (Å²) in [7, 11) is -3.75. The Bertz CT molecular complexity index is 1210. The Kier molecular flexibility index (Phi) is 4.68. The Morgan fingerprint density at radius 3 is 2.30 bits per heavy atom. The first-order valence-electron chi connectivity index (χ1n) is 8.26. The number of fused-ring (bicyclic) bond motifs is 1. The van der Waals surface area contributed by atoms with E-state index in [1.807, 2.05) is 48.5 Å². The topological polar surface area (TPSA) is 59.1 Å². The highest BCUT2D eigenvalue weighted by molar-refractivity contribution is 9.10. The van der Waals surface area contributed by atoms with Crippen LogP contribution in [0.3, 0.4) is 0 Å². The molecule has 4 aromatic rings. The summed E-state index contributed by atoms with van der Waals surface area (Å²) < 4.78 is 29.6. The van der Waals surface area contributed by atoms with Crippen molar-refractivity contribution in [3.8, 4) is 11.1 Å². The van der Waals surface area contributed by atoms with Crippen LogP contribution in [-0.2, 0) is 10.0 Å². The van der Waals surface area contributed by atoms with E-state index in [4.69, 9.17) is 0 Å². The molecule has 1 N–H and O–H groups in total. The summed E-state index contributed by atoms with van der Waals surface area (Å²) in [5, 5.41) is 0.750. The molecular formula is C21H15BrN2O2S. The molecule has 6 heteroatoms. The molecule has 0 saturated heterocycles. The third-order valence-electron chi connectivity index (χ3n) is 4.23. The fraction of sp³-hybridized carbons (Fsp3) is 0. The van der Waals surface area contributed by atoms with Crippen LogP contribution in [0.5, 0.6) is 0 Å². The number of nitrogens with one attached hydrogen (secondary N) is 1. The number of aromatic nitrogens is 1. The maximum absolute atomic E-state index is 13.0. The normalized spacial score (nSPS) is 11.4. The van der Waals surface area contributed by atoms with Crippen molar-refractivity contribution in [2.45, 2.75) is 4.90 Å². The smallest absolute Gasteiger partial charge is 0.261 e. The Labute approximate surface area is 166 Å². The van der Waals surface area contributed by atoms with Gasteiger partial charge in [0.05, 0.1) is 16.1 Å². The summed E-state index contributed by atoms with van der Waals surface area (Å²) in [6.45, 7) is 0. The molecule has 27 heavy (non-hydrogen) atoms. The summed E-state index contributed by atoms with van der Waals surface area (Å²) >= 11 is 3.33. The third kappa shape index (κ3) is 3.59. The van der Waals surface area contributed by atoms with Gasteiger partial charge in [0.1, 0.15) is 0 Å². The Hall–Kier alpha value is -2.70. The molecule has 0 bridgehead atoms. The van der Waals surface area contributed by atoms with Gasteiger partial charge in [-0.3, -0.25) is 9.71 Å². The molecule has 0 aliphatic heterocycles. The second-order valence-corrected chi connectivity index (χ2v) is 8.58. The van der Waals surface area contributed by atoms with Crippen molar-refractivity contribution >= 4 is 42.5 Å². The van der Waals surface area contributed by atoms with Crippen molar-refractivity contribution in [3.63, 3.8) is 0 Å². The van der Waals surface area contributed by atoms with Crippen LogP contribution in [0.15, 0.2) is 94.4 Å². The fourth-order valence-corrected chi connectivity index (χ4v) is 4.29. The van der Waals surface area contributed by atoms with Gasteiger partial charge in [-0.15, -0.1) is 0 Å². The highest BCUT2D eigenvalue weighted by Crippen LogP contribution is 2.35. The lowest BCUT2D eigenvalue weighted by Crippen LogP contribution is -2.14. The molecule has 0 atom stereocenters. The molecule has 0 radical (unpaired) electrons. The van der Waals surface area contributed by atoms with Gasteiger partial charge in [-0.2, -0.15) is 0 Å². The molecule has 0 aliphatic carbocycles. The first kappa shape index (κ1) is 17.7. The SMILES string of the molecule is O=S(=O)(Nc1c(-c2ccccc2)ccc2ncccc12)c1ccc(Br)cc1. The molecule has 4 nitrogen and oxygen atoms in total. The standard InChI is InChI=1S/C21H15BrN2O2S/c22-16-8-10-17(11-9-16)27(25,26)24-21-18(15-5-2-1-3-6-15)12-13-20-19(21)7-4-14-23-20/h1-14,24H. The van der Waals surface area contributed by atoms with Gasteiger partial charge in [0.2, 0.25) is 0 Å². The minimum Gasteiger partial charge on any atom is -0.278 e. The van der Waals surface area contributed by atoms with Gasteiger partial charge >= 0.3 is 0 Å². The minimum absolute atomic E-state index is 0.200. The van der Waals surface area contributed by atoms with E-state index in [1.165, 1.54) is 0 Å². The molecular weight excluding hydrogens is 424 g/mol. The van der Waals surface area contributed by atoms with E-state index in [9.17, 15) is 8.42 Å². The van der Waals surface area contributed by atoms with E-state index in [1.54, 1.807) is 36.5 Å². The van der Waals surface area contributed by atoms with Crippen LogP contribution in [0.1, 0.15) is 0 Å². The second-order valence-electron chi connectivity index (χ2n) is 5.98. The molecule has 4 rings (SSSR count). The lowest BCUT2D eigenvalue weighted by Gasteiger charge is -2.15. The summed E-state index contributed by atoms with van der Waals surface area (Å²) in [5.41, 5.74) is 2.98. The fourth-order valence-electron chi connectivity index (χ4n) is 2.93. The van der Waals surface area contributed by atoms with Gasteiger partial charge < -0.3 is 0 Å². The molecule has 0 unspecified atom stereocenters. The van der Waals surface area contributed by atoms with E-state index in [2.05, 4.69) is 25.6 Å². The molecule has 1 heterocycles. The number of benzene rings is 3. The van der Waals surface area contributed by atoms with Crippen LogP contribution < -0.4 is 4.72 Å². The summed E-state index contributed by atoms with van der Waals surface area (Å²) in [4.78, 5) is 4.55. The van der Waals surface area contributed by atoms with Gasteiger partial charge in [0, 0.05) is 21.6 Å². The first-order chi connectivity index (χ1) is 13.0. The maximum Gasteiger partial charge on any atom is 0.261 e. The van der Waals surface area contributed by atoms with Crippen LogP contribution in [0.2, 0.25) is 0 Å². The molecule has 134 valence electrons. The van der Waals surface area contributed by atoms with Crippen LogP contribution in [0.4, 0.5) is 5.69 Å². The molecule has 0 saturated carbocycles. The number of rotatable bonds is 4. The number of anilines is 1. The van der Waals surface area contributed by atoms with Gasteiger partial charge in [-0.1, -0.05) is 52.3 Å². The monoisotopic (exact) mass is 438 g/mol. The number of sulfonamides is 1. The Morgan fingerprint density at radius 2 is 1.56 bits per heavy atom. The van der Waals surface area contributed by atoms with Crippen molar-refractivity contribution in [1.82, 2.24) is 4.98 Å². The van der Waals surface area contributed by atoms with Gasteiger partial charge in [-0.25, -0.2) is 8.42 Å². The van der Waals surface area contributed by atoms with Crippen molar-refractivity contribution in [1.29, 1.82) is 0 Å². The van der Waals surface area contributed by atoms with Crippen LogP contribution in [0.25, 0.3) is 22.0 Å². The van der Waals surface area contributed by atoms with Crippen molar-refractivity contribution in [3.05, 3.63) is 89.5 Å². The van der Waals surface area contributed by atoms with Crippen molar-refractivity contribution in [2.24, 2.45) is 0 Å². The quantitative estimate of drug-likeness (QED) is 0.459. The Balaban J connectivity index is 1.90. The molecule has 3 aromatic carbocycles. The zero-order valence-electron chi connectivity index (χ0n) is 14.1. The number of pyridine rings is 1. The zero-order chi connectivity index (χ0) is 18.9. The summed E-state index contributed by atoms with van der Waals surface area (Å²) in [6.07, 6.45) is 1.69. The predicted octanol–water partition coefficient (Wildman–Crippen LogP) is 5.47. The van der Waals surface area contributed by atoms with E-state index >= 15 is 0 Å². The van der Waals surface area contributed by atoms with Gasteiger partial charge in [0.15, 0.2) is 0 Å². The number of hydrogen-bond acceptors (Lipinski definition) is 3. The molecule has 0 amide bonds. The maximum atomic E-state index is 13.0. The lowest BCUT2D eigenvalue weighted by molar-refractivity contribution is 0.601. The molecule has 0 spiro atoms. The molecule has 0 aliphatic rings. The van der Waals surface area contributed by atoms with E-state index in [0.717, 1.165) is 26.5 Å². The van der Waals surface area contributed by atoms with Gasteiger partial charge in [0.25, 0.3) is 10.0 Å². The Morgan fingerprint density at radius 1 is 0.815 bits per heavy atom. The van der Waals surface area contributed by atoms with Crippen LogP contribution in [-0.4, -0.2) is 13.4 Å². The summed E-state index contributed by atoms with van der Waals surface area (Å²) in [6, 6.07) is 23.7. The zero-order valence-corrected chi connectivity index (χ0v) is 16.5. The predicted molar refractivity (Wildman–Crippen MR) is 112 cm³/mol. The van der Waals surface area contributed by atoms with Crippen molar-refractivity contribution < 1.29 is 8.42 Å². The van der Waals surface area contributed by atoms with Crippen LogP contribution >= 0.6 is 15.9 Å². The van der Waals surface area contributed by atoms with Crippen molar-refractivity contribution in [2.75, 3.05) is 4.72 Å². The molecule has 1 aromatic heterocycles. The number of hydrogen-bond donors (Lipinski definition) is 1. The number of nitrogens with zero attached hydrogens (tertiary/aromatic N) is 1. The van der Waals surface area contributed by atoms with Gasteiger partial charge in [-0.05, 0) is 48.0 Å². The molecule has 0 fully saturated rings. The first-order valence-corrected chi connectivity index (χ1v) is 10.5. The average Bonchev–Trinajstić information content (AvgIpc) is 2.69. The highest BCUT2D eigenvalue weighted by Gasteiger charge is 2.19. The van der Waals surface area contributed by atoms with E-state index < -0.39 is 10.0 Å². The number of halogens is 1. The average molecular weight is 439 g/mol. The van der Waals surface area contributed by atoms with E-state index in [-0.39, 0.29) is 4.90 Å². The second kappa shape index (κ2) is 7.13. The summed E-state index contributed by atoms with van der Waals surface area (Å²) in [5.74, 6) is 0. The lowest BCUT2D eigenvalue weighted by atomic mass is 10.0.